The van der Waals surface area contributed by atoms with E-state index in [-0.39, 0.29) is 0 Å². The van der Waals surface area contributed by atoms with Crippen molar-refractivity contribution >= 4 is 10.9 Å². The summed E-state index contributed by atoms with van der Waals surface area (Å²) < 4.78 is 7.64. The predicted octanol–water partition coefficient (Wildman–Crippen LogP) is 3.14. The minimum atomic E-state index is 0.815. The van der Waals surface area contributed by atoms with Crippen LogP contribution in [0.3, 0.4) is 0 Å². The van der Waals surface area contributed by atoms with E-state index in [1.807, 2.05) is 18.2 Å². The number of methoxy groups -OCH3 is 1. The fraction of sp³-hybridized carbons (Fsp3) is 0.231. The molecule has 0 amide bonds. The van der Waals surface area contributed by atoms with E-state index >= 15 is 0 Å². The highest BCUT2D eigenvalue weighted by Gasteiger charge is 2.12. The lowest BCUT2D eigenvalue weighted by Crippen LogP contribution is -1.97. The second-order valence-corrected chi connectivity index (χ2v) is 3.54. The van der Waals surface area contributed by atoms with Crippen LogP contribution in [-0.2, 0) is 6.54 Å². The third-order valence-corrected chi connectivity index (χ3v) is 2.69. The number of fused-ring (bicyclic) bond motifs is 1. The van der Waals surface area contributed by atoms with Gasteiger partial charge >= 0.3 is 0 Å². The molecule has 0 aliphatic carbocycles. The molecule has 0 aliphatic heterocycles. The molecule has 2 nitrogen and oxygen atoms in total. The quantitative estimate of drug-likeness (QED) is 0.696. The summed E-state index contributed by atoms with van der Waals surface area (Å²) in [6.07, 6.45) is 1.90. The number of rotatable bonds is 3. The van der Waals surface area contributed by atoms with Crippen LogP contribution >= 0.6 is 0 Å². The topological polar surface area (TPSA) is 14.2 Å². The number of benzene rings is 1. The van der Waals surface area contributed by atoms with Gasteiger partial charge in [-0.2, -0.15) is 0 Å². The second-order valence-electron chi connectivity index (χ2n) is 3.54. The van der Waals surface area contributed by atoms with Crippen molar-refractivity contribution < 1.29 is 4.74 Å². The van der Waals surface area contributed by atoms with Gasteiger partial charge in [0.2, 0.25) is 0 Å². The Balaban J connectivity index is 2.78. The van der Waals surface area contributed by atoms with Gasteiger partial charge in [-0.1, -0.05) is 18.2 Å². The fourth-order valence-corrected chi connectivity index (χ4v) is 2.02. The molecule has 2 aromatic rings. The molecule has 0 aliphatic rings. The Morgan fingerprint density at radius 1 is 1.40 bits per heavy atom. The van der Waals surface area contributed by atoms with Gasteiger partial charge in [-0.15, -0.1) is 6.58 Å². The molecule has 0 bridgehead atoms. The second kappa shape index (κ2) is 3.81. The number of hydrogen-bond donors (Lipinski definition) is 0. The SMILES string of the molecule is C=CCn1c(C)c(OC)c2ccccc21. The standard InChI is InChI=1S/C13H15NO/c1-4-9-14-10(2)13(15-3)11-7-5-6-8-12(11)14/h4-8H,1,9H2,2-3H3. The molecular formula is C13H15NO. The molecular weight excluding hydrogens is 186 g/mol. The van der Waals surface area contributed by atoms with E-state index in [0.29, 0.717) is 0 Å². The summed E-state index contributed by atoms with van der Waals surface area (Å²) in [7, 11) is 1.72. The molecule has 0 saturated heterocycles. The summed E-state index contributed by atoms with van der Waals surface area (Å²) in [5.74, 6) is 0.965. The third kappa shape index (κ3) is 1.42. The number of para-hydroxylation sites is 1. The monoisotopic (exact) mass is 201 g/mol. The van der Waals surface area contributed by atoms with Crippen LogP contribution in [0.15, 0.2) is 36.9 Å². The summed E-state index contributed by atoms with van der Waals surface area (Å²) in [4.78, 5) is 0. The van der Waals surface area contributed by atoms with Crippen molar-refractivity contribution in [2.24, 2.45) is 0 Å². The molecule has 1 heterocycles. The predicted molar refractivity (Wildman–Crippen MR) is 63.4 cm³/mol. The molecule has 15 heavy (non-hydrogen) atoms. The molecule has 78 valence electrons. The lowest BCUT2D eigenvalue weighted by molar-refractivity contribution is 0.414. The van der Waals surface area contributed by atoms with Crippen molar-refractivity contribution in [3.63, 3.8) is 0 Å². The van der Waals surface area contributed by atoms with Gasteiger partial charge in [0.05, 0.1) is 18.3 Å². The van der Waals surface area contributed by atoms with Gasteiger partial charge in [0.25, 0.3) is 0 Å². The van der Waals surface area contributed by atoms with Gasteiger partial charge in [0.15, 0.2) is 0 Å². The van der Waals surface area contributed by atoms with E-state index in [0.717, 1.165) is 18.0 Å². The number of nitrogens with zero attached hydrogens (tertiary/aromatic N) is 1. The van der Waals surface area contributed by atoms with E-state index in [4.69, 9.17) is 4.74 Å². The first-order chi connectivity index (χ1) is 7.29. The lowest BCUT2D eigenvalue weighted by Gasteiger charge is -2.03. The maximum Gasteiger partial charge on any atom is 0.147 e. The Kier molecular flexibility index (Phi) is 2.50. The van der Waals surface area contributed by atoms with E-state index < -0.39 is 0 Å². The van der Waals surface area contributed by atoms with Crippen LogP contribution in [0.2, 0.25) is 0 Å². The van der Waals surface area contributed by atoms with Gasteiger partial charge in [-0.25, -0.2) is 0 Å². The van der Waals surface area contributed by atoms with Crippen molar-refractivity contribution in [2.75, 3.05) is 7.11 Å². The van der Waals surface area contributed by atoms with E-state index in [1.165, 1.54) is 10.9 Å². The molecule has 0 saturated carbocycles. The van der Waals surface area contributed by atoms with Crippen LogP contribution in [0.5, 0.6) is 5.75 Å². The van der Waals surface area contributed by atoms with Crippen molar-refractivity contribution in [1.82, 2.24) is 4.57 Å². The van der Waals surface area contributed by atoms with Crippen molar-refractivity contribution in [1.29, 1.82) is 0 Å². The molecule has 2 heteroatoms. The van der Waals surface area contributed by atoms with Gasteiger partial charge in [-0.05, 0) is 19.1 Å². The maximum absolute atomic E-state index is 5.43. The molecule has 0 radical (unpaired) electrons. The first kappa shape index (κ1) is 9.84. The summed E-state index contributed by atoms with van der Waals surface area (Å²) >= 11 is 0. The zero-order valence-corrected chi connectivity index (χ0v) is 9.16. The van der Waals surface area contributed by atoms with Crippen molar-refractivity contribution in [2.45, 2.75) is 13.5 Å². The molecule has 1 aromatic heterocycles. The van der Waals surface area contributed by atoms with Crippen LogP contribution in [0, 0.1) is 6.92 Å². The largest absolute Gasteiger partial charge is 0.494 e. The number of ether oxygens (including phenoxy) is 1. The average molecular weight is 201 g/mol. The average Bonchev–Trinajstić information content (AvgIpc) is 2.53. The minimum Gasteiger partial charge on any atom is -0.494 e. The van der Waals surface area contributed by atoms with Gasteiger partial charge in [0.1, 0.15) is 5.75 Å². The summed E-state index contributed by atoms with van der Waals surface area (Å²) in [6.45, 7) is 6.66. The normalized spacial score (nSPS) is 10.5. The van der Waals surface area contributed by atoms with Crippen molar-refractivity contribution in [3.05, 3.63) is 42.6 Å². The number of allylic oxidation sites excluding steroid dienone is 1. The zero-order valence-electron chi connectivity index (χ0n) is 9.16. The third-order valence-electron chi connectivity index (χ3n) is 2.69. The summed E-state index contributed by atoms with van der Waals surface area (Å²) in [5.41, 5.74) is 2.35. The maximum atomic E-state index is 5.43. The zero-order chi connectivity index (χ0) is 10.8. The van der Waals surface area contributed by atoms with E-state index in [1.54, 1.807) is 7.11 Å². The Morgan fingerprint density at radius 2 is 2.13 bits per heavy atom. The molecule has 0 N–H and O–H groups in total. The van der Waals surface area contributed by atoms with Gasteiger partial charge in [-0.3, -0.25) is 0 Å². The van der Waals surface area contributed by atoms with Crippen LogP contribution in [-0.4, -0.2) is 11.7 Å². The first-order valence-corrected chi connectivity index (χ1v) is 5.02. The Bertz CT molecular complexity index is 496. The first-order valence-electron chi connectivity index (χ1n) is 5.02. The van der Waals surface area contributed by atoms with E-state index in [9.17, 15) is 0 Å². The molecule has 0 unspecified atom stereocenters. The fourth-order valence-electron chi connectivity index (χ4n) is 2.02. The van der Waals surface area contributed by atoms with Crippen LogP contribution in [0.1, 0.15) is 5.69 Å². The smallest absolute Gasteiger partial charge is 0.147 e. The molecule has 0 fully saturated rings. The Labute approximate surface area is 89.8 Å². The molecule has 0 atom stereocenters. The number of hydrogen-bond acceptors (Lipinski definition) is 1. The van der Waals surface area contributed by atoms with Crippen LogP contribution in [0.25, 0.3) is 10.9 Å². The summed E-state index contributed by atoms with van der Waals surface area (Å²) in [5, 5.41) is 1.17. The minimum absolute atomic E-state index is 0.815. The highest BCUT2D eigenvalue weighted by atomic mass is 16.5. The van der Waals surface area contributed by atoms with Gasteiger partial charge in [0, 0.05) is 11.9 Å². The highest BCUT2D eigenvalue weighted by Crippen LogP contribution is 2.32. The van der Waals surface area contributed by atoms with Crippen molar-refractivity contribution in [3.8, 4) is 5.75 Å². The van der Waals surface area contributed by atoms with E-state index in [2.05, 4.69) is 30.2 Å². The lowest BCUT2D eigenvalue weighted by atomic mass is 10.2. The van der Waals surface area contributed by atoms with Gasteiger partial charge < -0.3 is 9.30 Å². The molecule has 1 aromatic carbocycles. The molecule has 2 rings (SSSR count). The molecule has 0 spiro atoms. The summed E-state index contributed by atoms with van der Waals surface area (Å²) in [6, 6.07) is 8.26. The Hall–Kier alpha value is -1.70. The van der Waals surface area contributed by atoms with Crippen LogP contribution < -0.4 is 4.74 Å². The Morgan fingerprint density at radius 3 is 2.80 bits per heavy atom. The number of aromatic nitrogens is 1. The van der Waals surface area contributed by atoms with Crippen LogP contribution in [0.4, 0.5) is 0 Å². The highest BCUT2D eigenvalue weighted by molar-refractivity contribution is 5.88.